The Bertz CT molecular complexity index is 682. The van der Waals surface area contributed by atoms with E-state index in [2.05, 4.69) is 17.6 Å². The van der Waals surface area contributed by atoms with Gasteiger partial charge >= 0.3 is 12.0 Å². The molecular formula is C20H28N2O4. The van der Waals surface area contributed by atoms with Crippen molar-refractivity contribution >= 4 is 12.0 Å². The van der Waals surface area contributed by atoms with Crippen molar-refractivity contribution < 1.29 is 19.1 Å². The molecule has 6 nitrogen and oxygen atoms in total. The van der Waals surface area contributed by atoms with Gasteiger partial charge in [-0.1, -0.05) is 39.3 Å². The number of esters is 1. The third kappa shape index (κ3) is 5.25. The summed E-state index contributed by atoms with van der Waals surface area (Å²) < 4.78 is 11.1. The van der Waals surface area contributed by atoms with Crippen LogP contribution in [-0.4, -0.2) is 25.2 Å². The first-order valence-corrected chi connectivity index (χ1v) is 9.10. The lowest BCUT2D eigenvalue weighted by atomic mass is 9.95. The average molecular weight is 360 g/mol. The van der Waals surface area contributed by atoms with Gasteiger partial charge in [0.2, 0.25) is 0 Å². The predicted octanol–water partition coefficient (Wildman–Crippen LogP) is 3.69. The lowest BCUT2D eigenvalue weighted by molar-refractivity contribution is -0.140. The molecule has 1 unspecified atom stereocenters. The largest absolute Gasteiger partial charge is 0.494 e. The summed E-state index contributed by atoms with van der Waals surface area (Å²) in [5, 5.41) is 5.46. The molecule has 6 heteroatoms. The summed E-state index contributed by atoms with van der Waals surface area (Å²) in [5.41, 5.74) is 1.70. The molecule has 1 aromatic carbocycles. The lowest BCUT2D eigenvalue weighted by Gasteiger charge is -2.28. The van der Waals surface area contributed by atoms with Crippen LogP contribution >= 0.6 is 0 Å². The van der Waals surface area contributed by atoms with Gasteiger partial charge in [-0.05, 0) is 37.0 Å². The van der Waals surface area contributed by atoms with Crippen molar-refractivity contribution in [1.29, 1.82) is 0 Å². The second kappa shape index (κ2) is 9.27. The monoisotopic (exact) mass is 360 g/mol. The van der Waals surface area contributed by atoms with Gasteiger partial charge in [0.25, 0.3) is 0 Å². The molecule has 1 atom stereocenters. The number of carbonyl (C=O) groups excluding carboxylic acids is 2. The van der Waals surface area contributed by atoms with Crippen molar-refractivity contribution in [3.05, 3.63) is 41.1 Å². The predicted molar refractivity (Wildman–Crippen MR) is 99.8 cm³/mol. The molecule has 0 spiro atoms. The van der Waals surface area contributed by atoms with Crippen LogP contribution in [0.2, 0.25) is 0 Å². The summed E-state index contributed by atoms with van der Waals surface area (Å²) in [6, 6.07) is 6.54. The Hall–Kier alpha value is -2.50. The molecule has 0 bridgehead atoms. The first-order chi connectivity index (χ1) is 12.4. The van der Waals surface area contributed by atoms with Gasteiger partial charge in [0.05, 0.1) is 24.8 Å². The van der Waals surface area contributed by atoms with Gasteiger partial charge in [0, 0.05) is 5.70 Å². The molecule has 2 amide bonds. The molecule has 1 aliphatic rings. The Labute approximate surface area is 154 Å². The van der Waals surface area contributed by atoms with E-state index < -0.39 is 12.0 Å². The summed E-state index contributed by atoms with van der Waals surface area (Å²) in [6.07, 6.45) is 2.03. The molecule has 0 aliphatic carbocycles. The maximum Gasteiger partial charge on any atom is 0.338 e. The highest BCUT2D eigenvalue weighted by atomic mass is 16.5. The zero-order valence-electron chi connectivity index (χ0n) is 15.9. The number of ether oxygens (including phenoxy) is 2. The topological polar surface area (TPSA) is 76.7 Å². The molecule has 1 aliphatic heterocycles. The number of carbonyl (C=O) groups is 2. The van der Waals surface area contributed by atoms with Crippen LogP contribution in [0.15, 0.2) is 35.5 Å². The lowest BCUT2D eigenvalue weighted by Crippen LogP contribution is -2.45. The summed E-state index contributed by atoms with van der Waals surface area (Å²) in [4.78, 5) is 24.5. The first-order valence-electron chi connectivity index (χ1n) is 9.10. The molecule has 0 saturated carbocycles. The minimum atomic E-state index is -0.571. The van der Waals surface area contributed by atoms with Gasteiger partial charge in [-0.2, -0.15) is 0 Å². The Morgan fingerprint density at radius 3 is 2.77 bits per heavy atom. The molecule has 0 radical (unpaired) electrons. The number of amides is 2. The zero-order chi connectivity index (χ0) is 19.1. The highest BCUT2D eigenvalue weighted by Crippen LogP contribution is 2.29. The Morgan fingerprint density at radius 1 is 1.31 bits per heavy atom. The molecule has 142 valence electrons. The van der Waals surface area contributed by atoms with E-state index in [1.807, 2.05) is 38.1 Å². The van der Waals surface area contributed by atoms with Crippen LogP contribution in [0, 0.1) is 5.92 Å². The fraction of sp³-hybridized carbons (Fsp3) is 0.500. The van der Waals surface area contributed by atoms with E-state index in [-0.39, 0.29) is 11.9 Å². The van der Waals surface area contributed by atoms with Gasteiger partial charge in [-0.15, -0.1) is 0 Å². The molecule has 26 heavy (non-hydrogen) atoms. The third-order valence-electron chi connectivity index (χ3n) is 3.99. The van der Waals surface area contributed by atoms with Gasteiger partial charge in [-0.3, -0.25) is 0 Å². The van der Waals surface area contributed by atoms with Gasteiger partial charge in [0.15, 0.2) is 0 Å². The number of nitrogens with one attached hydrogen (secondary N) is 2. The zero-order valence-corrected chi connectivity index (χ0v) is 15.9. The smallest absolute Gasteiger partial charge is 0.338 e. The standard InChI is InChI=1S/C20H28N2O4/c1-5-6-10-25-16-9-7-8-15(11-16)18-17(14(4)21-20(24)22-18)19(23)26-12-13(2)3/h7-9,11,13,18H,5-6,10,12H2,1-4H3,(H2,21,22,24). The van der Waals surface area contributed by atoms with Gasteiger partial charge in [0.1, 0.15) is 5.75 Å². The maximum atomic E-state index is 12.6. The minimum absolute atomic E-state index is 0.236. The van der Waals surface area contributed by atoms with Gasteiger partial charge in [-0.25, -0.2) is 9.59 Å². The number of benzene rings is 1. The van der Waals surface area contributed by atoms with E-state index in [4.69, 9.17) is 9.47 Å². The fourth-order valence-corrected chi connectivity index (χ4v) is 2.65. The molecule has 1 heterocycles. The van der Waals surface area contributed by atoms with Crippen molar-refractivity contribution in [2.24, 2.45) is 5.92 Å². The molecule has 0 fully saturated rings. The molecule has 0 saturated heterocycles. The van der Waals surface area contributed by atoms with Crippen LogP contribution in [0.3, 0.4) is 0 Å². The number of hydrogen-bond donors (Lipinski definition) is 2. The van der Waals surface area contributed by atoms with Crippen LogP contribution in [0.1, 0.15) is 52.1 Å². The number of rotatable bonds is 8. The van der Waals surface area contributed by atoms with E-state index in [0.29, 0.717) is 24.5 Å². The second-order valence-corrected chi connectivity index (χ2v) is 6.84. The van der Waals surface area contributed by atoms with E-state index in [1.54, 1.807) is 6.92 Å². The van der Waals surface area contributed by atoms with Crippen LogP contribution in [0.4, 0.5) is 4.79 Å². The van der Waals surface area contributed by atoms with Crippen molar-refractivity contribution in [3.8, 4) is 5.75 Å². The highest BCUT2D eigenvalue weighted by Gasteiger charge is 2.32. The van der Waals surface area contributed by atoms with Crippen molar-refractivity contribution in [2.75, 3.05) is 13.2 Å². The van der Waals surface area contributed by atoms with E-state index in [9.17, 15) is 9.59 Å². The van der Waals surface area contributed by atoms with Crippen LogP contribution in [-0.2, 0) is 9.53 Å². The molecular weight excluding hydrogens is 332 g/mol. The number of hydrogen-bond acceptors (Lipinski definition) is 4. The Kier molecular flexibility index (Phi) is 7.06. The van der Waals surface area contributed by atoms with Crippen LogP contribution < -0.4 is 15.4 Å². The first kappa shape index (κ1) is 19.8. The SMILES string of the molecule is CCCCOc1cccc(C2NC(=O)NC(C)=C2C(=O)OCC(C)C)c1. The molecule has 1 aromatic rings. The molecule has 2 rings (SSSR count). The summed E-state index contributed by atoms with van der Waals surface area (Å²) in [5.74, 6) is 0.530. The number of unbranched alkanes of at least 4 members (excludes halogenated alkanes) is 1. The molecule has 0 aromatic heterocycles. The molecule has 2 N–H and O–H groups in total. The van der Waals surface area contributed by atoms with Crippen molar-refractivity contribution in [2.45, 2.75) is 46.6 Å². The third-order valence-corrected chi connectivity index (χ3v) is 3.99. The summed E-state index contributed by atoms with van der Waals surface area (Å²) in [6.45, 7) is 8.73. The fourth-order valence-electron chi connectivity index (χ4n) is 2.65. The second-order valence-electron chi connectivity index (χ2n) is 6.84. The summed E-state index contributed by atoms with van der Waals surface area (Å²) in [7, 11) is 0. The van der Waals surface area contributed by atoms with E-state index >= 15 is 0 Å². The normalized spacial score (nSPS) is 17.0. The van der Waals surface area contributed by atoms with Crippen LogP contribution in [0.5, 0.6) is 5.75 Å². The van der Waals surface area contributed by atoms with Crippen molar-refractivity contribution in [1.82, 2.24) is 10.6 Å². The van der Waals surface area contributed by atoms with Crippen molar-refractivity contribution in [3.63, 3.8) is 0 Å². The Balaban J connectivity index is 2.26. The van der Waals surface area contributed by atoms with E-state index in [0.717, 1.165) is 24.2 Å². The van der Waals surface area contributed by atoms with E-state index in [1.165, 1.54) is 0 Å². The quantitative estimate of drug-likeness (QED) is 0.547. The average Bonchev–Trinajstić information content (AvgIpc) is 2.59. The van der Waals surface area contributed by atoms with Crippen LogP contribution in [0.25, 0.3) is 0 Å². The Morgan fingerprint density at radius 2 is 2.08 bits per heavy atom. The van der Waals surface area contributed by atoms with Gasteiger partial charge < -0.3 is 20.1 Å². The number of urea groups is 1. The summed E-state index contributed by atoms with van der Waals surface area (Å²) >= 11 is 0. The minimum Gasteiger partial charge on any atom is -0.494 e. The number of allylic oxidation sites excluding steroid dienone is 1. The highest BCUT2D eigenvalue weighted by molar-refractivity contribution is 5.95. The maximum absolute atomic E-state index is 12.6.